The maximum absolute atomic E-state index is 14.1. The van der Waals surface area contributed by atoms with Crippen LogP contribution in [0.1, 0.15) is 48.0 Å². The Labute approximate surface area is 264 Å². The molecule has 0 saturated carbocycles. The first kappa shape index (κ1) is 38.0. The molecule has 0 spiro atoms. The lowest BCUT2D eigenvalue weighted by Crippen LogP contribution is -2.67. The summed E-state index contributed by atoms with van der Waals surface area (Å²) in [7, 11) is -4.48. The second kappa shape index (κ2) is 18.1. The van der Waals surface area contributed by atoms with E-state index in [-0.39, 0.29) is 5.75 Å². The van der Waals surface area contributed by atoms with Crippen LogP contribution in [-0.4, -0.2) is 85.7 Å². The number of esters is 4. The average Bonchev–Trinajstić information content (AvgIpc) is 2.97. The number of ether oxygens (including phenoxy) is 5. The predicted octanol–water partition coefficient (Wildman–Crippen LogP) is 2.46. The number of azide groups is 1. The number of carbonyl (C=O) groups excluding carboxylic acids is 5. The van der Waals surface area contributed by atoms with Gasteiger partial charge in [0.1, 0.15) is 30.5 Å². The Morgan fingerprint density at radius 1 is 1.00 bits per heavy atom. The van der Waals surface area contributed by atoms with E-state index in [0.29, 0.717) is 6.42 Å². The van der Waals surface area contributed by atoms with Crippen molar-refractivity contribution in [1.82, 2.24) is 10.4 Å². The van der Waals surface area contributed by atoms with Crippen LogP contribution >= 0.6 is 7.75 Å². The van der Waals surface area contributed by atoms with Crippen LogP contribution in [0, 0.1) is 0 Å². The van der Waals surface area contributed by atoms with Gasteiger partial charge in [-0.25, -0.2) is 4.57 Å². The molecule has 1 saturated heterocycles. The Morgan fingerprint density at radius 2 is 1.61 bits per heavy atom. The van der Waals surface area contributed by atoms with Gasteiger partial charge >= 0.3 is 31.6 Å². The van der Waals surface area contributed by atoms with Gasteiger partial charge in [0, 0.05) is 25.7 Å². The minimum Gasteiger partial charge on any atom is -0.462 e. The lowest BCUT2D eigenvalue weighted by molar-refractivity contribution is -0.268. The van der Waals surface area contributed by atoms with E-state index in [4.69, 9.17) is 38.3 Å². The Kier molecular flexibility index (Phi) is 14.9. The number of hydrogen-bond donors (Lipinski definition) is 2. The molecule has 1 amide bonds. The zero-order valence-electron chi connectivity index (χ0n) is 26.1. The van der Waals surface area contributed by atoms with Crippen LogP contribution in [0.5, 0.6) is 5.75 Å². The van der Waals surface area contributed by atoms with Crippen molar-refractivity contribution in [3.05, 3.63) is 40.8 Å². The number of rotatable bonds is 16. The maximum atomic E-state index is 14.1. The normalized spacial score (nSPS) is 23.2. The molecule has 1 fully saturated rings. The molecule has 2 rings (SSSR count). The summed E-state index contributed by atoms with van der Waals surface area (Å²) in [6, 6.07) is 5.18. The molecule has 1 aromatic rings. The van der Waals surface area contributed by atoms with Gasteiger partial charge in [0.25, 0.3) is 0 Å². The van der Waals surface area contributed by atoms with Crippen molar-refractivity contribution in [3.63, 3.8) is 0 Å². The van der Waals surface area contributed by atoms with Crippen LogP contribution < -0.4 is 14.9 Å². The van der Waals surface area contributed by atoms with Crippen molar-refractivity contribution >= 4 is 37.5 Å². The second-order valence-corrected chi connectivity index (χ2v) is 11.7. The molecule has 2 N–H and O–H groups in total. The number of nitrogens with one attached hydrogen (secondary N) is 2. The summed E-state index contributed by atoms with van der Waals surface area (Å²) in [4.78, 5) is 63.9. The number of nitrogens with zero attached hydrogens (tertiary/aromatic N) is 3. The van der Waals surface area contributed by atoms with Gasteiger partial charge in [0.2, 0.25) is 12.2 Å². The molecule has 0 radical (unpaired) electrons. The molecule has 8 atom stereocenters. The molecule has 19 heteroatoms. The standard InChI is InChI=1S/C27H38N5O13P/c1-7-15(2)40-26(37)16(3)31-46(38,45-20-11-9-8-10-12-20)39-14-21-24(41-17(4)33)25(42-18(5)34)23(27(44-21)43-19(6)35)30-22(36)13-29-32-28/h8-12,15-16,21,23-25,27H,7,13-14H2,1-6H3,(H,30,36)(H,31,38)/t15?,16-,21+,23-,24+,25+,27?,46?/m0/s1. The summed E-state index contributed by atoms with van der Waals surface area (Å²) in [6.07, 6.45) is -6.15. The SMILES string of the molecule is CCC(C)OC(=O)[C@H](C)NP(=O)(OC[C@H]1OC(OC(C)=O)[C@@H](NC(=O)CN=[N+]=[N-])[C@@H](OC(C)=O)[C@@H]1OC(C)=O)Oc1ccccc1. The molecule has 1 aliphatic heterocycles. The topological polar surface area (TPSA) is 240 Å². The Bertz CT molecular complexity index is 1330. The van der Waals surface area contributed by atoms with Gasteiger partial charge in [-0.05, 0) is 37.9 Å². The zero-order chi connectivity index (χ0) is 34.4. The minimum absolute atomic E-state index is 0.0975. The van der Waals surface area contributed by atoms with Crippen molar-refractivity contribution in [3.8, 4) is 5.75 Å². The quantitative estimate of drug-likeness (QED) is 0.0641. The highest BCUT2D eigenvalue weighted by Crippen LogP contribution is 2.45. The summed E-state index contributed by atoms with van der Waals surface area (Å²) in [5, 5.41) is 8.07. The molecule has 1 aliphatic rings. The van der Waals surface area contributed by atoms with E-state index < -0.39 is 93.5 Å². The Morgan fingerprint density at radius 3 is 2.17 bits per heavy atom. The largest absolute Gasteiger partial charge is 0.462 e. The van der Waals surface area contributed by atoms with Crippen molar-refractivity contribution in [2.75, 3.05) is 13.2 Å². The number of benzene rings is 1. The molecule has 3 unspecified atom stereocenters. The molecule has 18 nitrogen and oxygen atoms in total. The lowest BCUT2D eigenvalue weighted by Gasteiger charge is -2.44. The smallest absolute Gasteiger partial charge is 0.459 e. The van der Waals surface area contributed by atoms with Crippen molar-refractivity contribution in [2.45, 2.75) is 90.8 Å². The highest BCUT2D eigenvalue weighted by molar-refractivity contribution is 7.52. The van der Waals surface area contributed by atoms with Gasteiger partial charge in [-0.3, -0.25) is 28.5 Å². The third-order valence-electron chi connectivity index (χ3n) is 6.11. The molecule has 1 aromatic carbocycles. The molecule has 46 heavy (non-hydrogen) atoms. The van der Waals surface area contributed by atoms with E-state index in [2.05, 4.69) is 20.4 Å². The molecule has 0 bridgehead atoms. The number of amides is 1. The van der Waals surface area contributed by atoms with Gasteiger partial charge in [-0.15, -0.1) is 0 Å². The summed E-state index contributed by atoms with van der Waals surface area (Å²) >= 11 is 0. The molecule has 0 aliphatic carbocycles. The molecule has 254 valence electrons. The van der Waals surface area contributed by atoms with Gasteiger partial charge in [0.15, 0.2) is 12.2 Å². The van der Waals surface area contributed by atoms with E-state index in [1.54, 1.807) is 25.1 Å². The van der Waals surface area contributed by atoms with Gasteiger partial charge < -0.3 is 33.5 Å². The van der Waals surface area contributed by atoms with Crippen molar-refractivity contribution in [2.24, 2.45) is 5.11 Å². The van der Waals surface area contributed by atoms with Crippen LogP contribution in [0.3, 0.4) is 0 Å². The summed E-state index contributed by atoms with van der Waals surface area (Å²) < 4.78 is 52.6. The fourth-order valence-corrected chi connectivity index (χ4v) is 5.51. The number of carbonyl (C=O) groups is 5. The monoisotopic (exact) mass is 671 g/mol. The molecular weight excluding hydrogens is 633 g/mol. The number of hydrogen-bond acceptors (Lipinski definition) is 14. The van der Waals surface area contributed by atoms with E-state index in [1.807, 2.05) is 6.92 Å². The summed E-state index contributed by atoms with van der Waals surface area (Å²) in [5.74, 6) is -4.15. The van der Waals surface area contributed by atoms with E-state index in [1.165, 1.54) is 19.1 Å². The van der Waals surface area contributed by atoms with Crippen molar-refractivity contribution < 1.29 is 61.3 Å². The molecule has 1 heterocycles. The lowest BCUT2D eigenvalue weighted by atomic mass is 9.96. The van der Waals surface area contributed by atoms with Gasteiger partial charge in [-0.1, -0.05) is 30.2 Å². The summed E-state index contributed by atoms with van der Waals surface area (Å²) in [6.45, 7) is 6.60. The fraction of sp³-hybridized carbons (Fsp3) is 0.593. The average molecular weight is 672 g/mol. The first-order chi connectivity index (χ1) is 21.7. The van der Waals surface area contributed by atoms with E-state index in [9.17, 15) is 28.5 Å². The maximum Gasteiger partial charge on any atom is 0.459 e. The van der Waals surface area contributed by atoms with Crippen LogP contribution in [0.25, 0.3) is 10.4 Å². The third-order valence-corrected chi connectivity index (χ3v) is 7.76. The van der Waals surface area contributed by atoms with Crippen LogP contribution in [-0.2, 0) is 56.7 Å². The van der Waals surface area contributed by atoms with E-state index in [0.717, 1.165) is 20.8 Å². The van der Waals surface area contributed by atoms with Crippen LogP contribution in [0.2, 0.25) is 0 Å². The first-order valence-corrected chi connectivity index (χ1v) is 15.7. The van der Waals surface area contributed by atoms with Crippen molar-refractivity contribution in [1.29, 1.82) is 0 Å². The van der Waals surface area contributed by atoms with E-state index >= 15 is 0 Å². The van der Waals surface area contributed by atoms with Crippen LogP contribution in [0.4, 0.5) is 0 Å². The Hall–Kier alpha value is -4.21. The highest BCUT2D eigenvalue weighted by atomic mass is 31.2. The first-order valence-electron chi connectivity index (χ1n) is 14.1. The molecule has 0 aromatic heterocycles. The molecular formula is C27H38N5O13P. The highest BCUT2D eigenvalue weighted by Gasteiger charge is 2.52. The Balaban J connectivity index is 2.48. The fourth-order valence-electron chi connectivity index (χ4n) is 4.00. The van der Waals surface area contributed by atoms with Crippen LogP contribution in [0.15, 0.2) is 35.4 Å². The minimum atomic E-state index is -4.48. The van der Waals surface area contributed by atoms with Gasteiger partial charge in [0.05, 0.1) is 12.7 Å². The number of para-hydroxylation sites is 1. The zero-order valence-corrected chi connectivity index (χ0v) is 27.0. The predicted molar refractivity (Wildman–Crippen MR) is 157 cm³/mol. The summed E-state index contributed by atoms with van der Waals surface area (Å²) in [5.41, 5.74) is 8.57. The second-order valence-electron chi connectivity index (χ2n) is 9.99. The van der Waals surface area contributed by atoms with Gasteiger partial charge in [-0.2, -0.15) is 5.09 Å². The third kappa shape index (κ3) is 12.3.